The van der Waals surface area contributed by atoms with Gasteiger partial charge in [-0.2, -0.15) is 0 Å². The summed E-state index contributed by atoms with van der Waals surface area (Å²) in [6.45, 7) is 7.65. The molecule has 0 aliphatic rings. The molecule has 0 radical (unpaired) electrons. The molecule has 1 aromatic rings. The molecule has 3 N–H and O–H groups in total. The van der Waals surface area contributed by atoms with Crippen molar-refractivity contribution in [1.29, 1.82) is 0 Å². The van der Waals surface area contributed by atoms with Crippen LogP contribution in [-0.4, -0.2) is 37.7 Å². The van der Waals surface area contributed by atoms with Gasteiger partial charge in [-0.3, -0.25) is 0 Å². The van der Waals surface area contributed by atoms with E-state index in [1.54, 1.807) is 20.8 Å². The smallest absolute Gasteiger partial charge is 0.489 e. The number of benzene rings is 1. The van der Waals surface area contributed by atoms with Gasteiger partial charge in [-0.25, -0.2) is 13.1 Å². The highest BCUT2D eigenvalue weighted by molar-refractivity contribution is 7.89. The average molecular weight is 329 g/mol. The monoisotopic (exact) mass is 329 g/mol. The fraction of sp³-hybridized carbons (Fsp3) is 0.571. The minimum Gasteiger partial charge on any atom is -0.494 e. The third-order valence-electron chi connectivity index (χ3n) is 2.76. The maximum absolute atomic E-state index is 12.4. The number of nitrogens with one attached hydrogen (secondary N) is 1. The van der Waals surface area contributed by atoms with Crippen molar-refractivity contribution < 1.29 is 23.2 Å². The Bertz CT molecular complexity index is 596. The molecule has 0 aromatic heterocycles. The van der Waals surface area contributed by atoms with Gasteiger partial charge in [-0.15, -0.1) is 0 Å². The second-order valence-electron chi connectivity index (χ2n) is 6.13. The molecule has 0 saturated heterocycles. The molecule has 22 heavy (non-hydrogen) atoms. The Hall–Kier alpha value is -1.09. The fourth-order valence-corrected chi connectivity index (χ4v) is 3.49. The second kappa shape index (κ2) is 7.46. The van der Waals surface area contributed by atoms with Crippen molar-refractivity contribution in [1.82, 2.24) is 4.72 Å². The van der Waals surface area contributed by atoms with Gasteiger partial charge in [0.2, 0.25) is 10.0 Å². The van der Waals surface area contributed by atoms with E-state index in [0.717, 1.165) is 12.8 Å². The van der Waals surface area contributed by atoms with Crippen LogP contribution in [0.15, 0.2) is 23.1 Å². The van der Waals surface area contributed by atoms with Crippen LogP contribution in [0.25, 0.3) is 0 Å². The van der Waals surface area contributed by atoms with Crippen LogP contribution < -0.4 is 14.9 Å². The standard InChI is InChI=1S/C14H24BNO5S/c1-5-6-9-21-11-7-8-13(12(10-11)15(17)18)22(19,20)16-14(2,3)4/h7-8,10,16-18H,5-6,9H2,1-4H3. The molecular weight excluding hydrogens is 305 g/mol. The van der Waals surface area contributed by atoms with Crippen LogP contribution in [0.1, 0.15) is 40.5 Å². The highest BCUT2D eigenvalue weighted by Gasteiger charge is 2.28. The van der Waals surface area contributed by atoms with E-state index < -0.39 is 22.7 Å². The molecule has 6 nitrogen and oxygen atoms in total. The topological polar surface area (TPSA) is 95.9 Å². The molecule has 0 bridgehead atoms. The molecule has 8 heteroatoms. The molecule has 0 amide bonds. The molecule has 0 aliphatic heterocycles. The van der Waals surface area contributed by atoms with Crippen LogP contribution in [0.2, 0.25) is 0 Å². The quantitative estimate of drug-likeness (QED) is 0.503. The Labute approximate surface area is 132 Å². The normalized spacial score (nSPS) is 12.3. The first kappa shape index (κ1) is 19.0. The van der Waals surface area contributed by atoms with Gasteiger partial charge in [0, 0.05) is 11.0 Å². The molecule has 1 aromatic carbocycles. The van der Waals surface area contributed by atoms with Crippen LogP contribution >= 0.6 is 0 Å². The minimum atomic E-state index is -3.86. The van der Waals surface area contributed by atoms with Crippen LogP contribution in [0.4, 0.5) is 0 Å². The first-order valence-electron chi connectivity index (χ1n) is 7.23. The van der Waals surface area contributed by atoms with E-state index in [4.69, 9.17) is 4.74 Å². The van der Waals surface area contributed by atoms with Crippen molar-refractivity contribution in [2.24, 2.45) is 0 Å². The Morgan fingerprint density at radius 1 is 1.27 bits per heavy atom. The summed E-state index contributed by atoms with van der Waals surface area (Å²) in [5.41, 5.74) is -0.780. The predicted molar refractivity (Wildman–Crippen MR) is 86.7 cm³/mol. The molecule has 0 aliphatic carbocycles. The summed E-state index contributed by atoms with van der Waals surface area (Å²) < 4.78 is 32.7. The van der Waals surface area contributed by atoms with Crippen molar-refractivity contribution >= 4 is 22.6 Å². The first-order valence-corrected chi connectivity index (χ1v) is 8.72. The van der Waals surface area contributed by atoms with Crippen molar-refractivity contribution in [2.45, 2.75) is 51.0 Å². The van der Waals surface area contributed by atoms with Crippen molar-refractivity contribution in [3.8, 4) is 5.75 Å². The Kier molecular flexibility index (Phi) is 6.43. The summed E-state index contributed by atoms with van der Waals surface area (Å²) in [5.74, 6) is 0.409. The van der Waals surface area contributed by atoms with E-state index in [9.17, 15) is 18.5 Å². The molecule has 0 atom stereocenters. The third kappa shape index (κ3) is 5.60. The predicted octanol–water partition coefficient (Wildman–Crippen LogP) is 0.622. The van der Waals surface area contributed by atoms with Crippen LogP contribution in [-0.2, 0) is 10.0 Å². The Morgan fingerprint density at radius 2 is 1.91 bits per heavy atom. The zero-order chi connectivity index (χ0) is 17.0. The molecule has 1 rings (SSSR count). The fourth-order valence-electron chi connectivity index (χ4n) is 1.86. The third-order valence-corrected chi connectivity index (χ3v) is 4.59. The van der Waals surface area contributed by atoms with E-state index >= 15 is 0 Å². The lowest BCUT2D eigenvalue weighted by atomic mass is 9.80. The maximum Gasteiger partial charge on any atom is 0.489 e. The highest BCUT2D eigenvalue weighted by atomic mass is 32.2. The van der Waals surface area contributed by atoms with E-state index in [1.165, 1.54) is 18.2 Å². The SMILES string of the molecule is CCCCOc1ccc(S(=O)(=O)NC(C)(C)C)c(B(O)O)c1. The first-order chi connectivity index (χ1) is 10.1. The Morgan fingerprint density at radius 3 is 2.41 bits per heavy atom. The van der Waals surface area contributed by atoms with E-state index in [1.807, 2.05) is 6.92 Å². The molecule has 0 heterocycles. The lowest BCUT2D eigenvalue weighted by molar-refractivity contribution is 0.309. The summed E-state index contributed by atoms with van der Waals surface area (Å²) in [6.07, 6.45) is 1.83. The molecular formula is C14H24BNO5S. The average Bonchev–Trinajstić information content (AvgIpc) is 2.36. The largest absolute Gasteiger partial charge is 0.494 e. The van der Waals surface area contributed by atoms with Gasteiger partial charge >= 0.3 is 7.12 Å². The van der Waals surface area contributed by atoms with Gasteiger partial charge in [0.1, 0.15) is 5.75 Å². The molecule has 0 spiro atoms. The van der Waals surface area contributed by atoms with Crippen molar-refractivity contribution in [3.05, 3.63) is 18.2 Å². The zero-order valence-electron chi connectivity index (χ0n) is 13.5. The summed E-state index contributed by atoms with van der Waals surface area (Å²) in [6, 6.07) is 4.18. The lowest BCUT2D eigenvalue weighted by Crippen LogP contribution is -2.44. The number of hydrogen-bond donors (Lipinski definition) is 3. The van der Waals surface area contributed by atoms with Crippen LogP contribution in [0, 0.1) is 0 Å². The van der Waals surface area contributed by atoms with Crippen molar-refractivity contribution in [2.75, 3.05) is 6.61 Å². The maximum atomic E-state index is 12.4. The lowest BCUT2D eigenvalue weighted by Gasteiger charge is -2.22. The van der Waals surface area contributed by atoms with Gasteiger partial charge < -0.3 is 14.8 Å². The summed E-state index contributed by atoms with van der Waals surface area (Å²) >= 11 is 0. The number of unbranched alkanes of at least 4 members (excludes halogenated alkanes) is 1. The van der Waals surface area contributed by atoms with Gasteiger partial charge in [0.05, 0.1) is 11.5 Å². The van der Waals surface area contributed by atoms with Gasteiger partial charge in [0.15, 0.2) is 0 Å². The van der Waals surface area contributed by atoms with Crippen molar-refractivity contribution in [3.63, 3.8) is 0 Å². The molecule has 0 saturated carbocycles. The van der Waals surface area contributed by atoms with E-state index in [-0.39, 0.29) is 10.4 Å². The van der Waals surface area contributed by atoms with Crippen LogP contribution in [0.5, 0.6) is 5.75 Å². The molecule has 0 fully saturated rings. The number of hydrogen-bond acceptors (Lipinski definition) is 5. The van der Waals surface area contributed by atoms with Crippen LogP contribution in [0.3, 0.4) is 0 Å². The molecule has 0 unspecified atom stereocenters. The van der Waals surface area contributed by atoms with E-state index in [2.05, 4.69) is 4.72 Å². The number of sulfonamides is 1. The van der Waals surface area contributed by atoms with Gasteiger partial charge in [-0.05, 0) is 45.4 Å². The minimum absolute atomic E-state index is 0.106. The van der Waals surface area contributed by atoms with E-state index in [0.29, 0.717) is 12.4 Å². The summed E-state index contributed by atoms with van der Waals surface area (Å²) in [5, 5.41) is 18.9. The van der Waals surface area contributed by atoms with Gasteiger partial charge in [-0.1, -0.05) is 13.3 Å². The zero-order valence-corrected chi connectivity index (χ0v) is 14.3. The Balaban J connectivity index is 3.15. The molecule has 124 valence electrons. The summed E-state index contributed by atoms with van der Waals surface area (Å²) in [4.78, 5) is -0.166. The summed E-state index contributed by atoms with van der Waals surface area (Å²) in [7, 11) is -5.76. The highest BCUT2D eigenvalue weighted by Crippen LogP contribution is 2.17. The number of ether oxygens (including phenoxy) is 1. The number of rotatable bonds is 7. The second-order valence-corrected chi connectivity index (χ2v) is 7.78. The van der Waals surface area contributed by atoms with Gasteiger partial charge in [0.25, 0.3) is 0 Å².